The van der Waals surface area contributed by atoms with E-state index in [0.29, 0.717) is 0 Å². The lowest BCUT2D eigenvalue weighted by atomic mass is 9.99. The molecular weight excluding hydrogens is 238 g/mol. The van der Waals surface area contributed by atoms with Crippen LogP contribution in [0.1, 0.15) is 29.7 Å². The molecule has 102 valence electrons. The summed E-state index contributed by atoms with van der Waals surface area (Å²) < 4.78 is 7.32. The van der Waals surface area contributed by atoms with Crippen LogP contribution in [-0.4, -0.2) is 16.9 Å². The van der Waals surface area contributed by atoms with Gasteiger partial charge in [0.05, 0.1) is 13.3 Å². The Bertz CT molecular complexity index is 548. The van der Waals surface area contributed by atoms with E-state index >= 15 is 0 Å². The van der Waals surface area contributed by atoms with Gasteiger partial charge >= 0.3 is 0 Å². The SMILES string of the molecule is CCn1cc(CC(N)c2ccc(C)cc2OC)cn1. The smallest absolute Gasteiger partial charge is 0.123 e. The topological polar surface area (TPSA) is 53.1 Å². The van der Waals surface area contributed by atoms with E-state index in [-0.39, 0.29) is 6.04 Å². The lowest BCUT2D eigenvalue weighted by molar-refractivity contribution is 0.405. The Morgan fingerprint density at radius 1 is 1.42 bits per heavy atom. The van der Waals surface area contributed by atoms with E-state index in [1.807, 2.05) is 36.1 Å². The maximum Gasteiger partial charge on any atom is 0.123 e. The lowest BCUT2D eigenvalue weighted by Gasteiger charge is -2.15. The van der Waals surface area contributed by atoms with Crippen LogP contribution in [0, 0.1) is 6.92 Å². The number of aryl methyl sites for hydroxylation is 2. The zero-order valence-electron chi connectivity index (χ0n) is 11.8. The quantitative estimate of drug-likeness (QED) is 0.897. The molecule has 0 saturated carbocycles. The highest BCUT2D eigenvalue weighted by atomic mass is 16.5. The number of rotatable bonds is 5. The Balaban J connectivity index is 2.17. The standard InChI is InChI=1S/C15H21N3O/c1-4-18-10-12(9-17-18)8-14(16)13-6-5-11(2)7-15(13)19-3/h5-7,9-10,14H,4,8,16H2,1-3H3. The minimum Gasteiger partial charge on any atom is -0.496 e. The van der Waals surface area contributed by atoms with Crippen molar-refractivity contribution in [1.29, 1.82) is 0 Å². The molecule has 19 heavy (non-hydrogen) atoms. The summed E-state index contributed by atoms with van der Waals surface area (Å²) in [5.74, 6) is 0.857. The van der Waals surface area contributed by atoms with Crippen LogP contribution in [0.4, 0.5) is 0 Å². The van der Waals surface area contributed by atoms with E-state index in [2.05, 4.69) is 18.1 Å². The van der Waals surface area contributed by atoms with E-state index in [1.165, 1.54) is 5.56 Å². The third kappa shape index (κ3) is 3.15. The number of aromatic nitrogens is 2. The molecule has 0 aliphatic heterocycles. The summed E-state index contributed by atoms with van der Waals surface area (Å²) in [7, 11) is 1.68. The Labute approximate surface area is 114 Å². The first-order valence-electron chi connectivity index (χ1n) is 6.55. The summed E-state index contributed by atoms with van der Waals surface area (Å²) in [6.45, 7) is 4.99. The van der Waals surface area contributed by atoms with Gasteiger partial charge in [-0.1, -0.05) is 12.1 Å². The molecule has 2 aromatic rings. The van der Waals surface area contributed by atoms with Gasteiger partial charge in [-0.2, -0.15) is 5.10 Å². The van der Waals surface area contributed by atoms with Crippen LogP contribution in [0.25, 0.3) is 0 Å². The summed E-state index contributed by atoms with van der Waals surface area (Å²) >= 11 is 0. The third-order valence-electron chi connectivity index (χ3n) is 3.25. The molecule has 1 heterocycles. The first-order chi connectivity index (χ1) is 9.13. The van der Waals surface area contributed by atoms with Gasteiger partial charge in [0.15, 0.2) is 0 Å². The highest BCUT2D eigenvalue weighted by Gasteiger charge is 2.13. The molecule has 2 N–H and O–H groups in total. The van der Waals surface area contributed by atoms with Crippen LogP contribution in [0.2, 0.25) is 0 Å². The van der Waals surface area contributed by atoms with Gasteiger partial charge in [0.25, 0.3) is 0 Å². The molecule has 0 amide bonds. The number of nitrogens with zero attached hydrogens (tertiary/aromatic N) is 2. The van der Waals surface area contributed by atoms with Crippen LogP contribution < -0.4 is 10.5 Å². The molecule has 1 aromatic carbocycles. The Morgan fingerprint density at radius 2 is 2.21 bits per heavy atom. The van der Waals surface area contributed by atoms with Crippen molar-refractivity contribution >= 4 is 0 Å². The van der Waals surface area contributed by atoms with E-state index in [0.717, 1.165) is 29.8 Å². The second-order valence-corrected chi connectivity index (χ2v) is 4.76. The number of nitrogens with two attached hydrogens (primary N) is 1. The van der Waals surface area contributed by atoms with Crippen LogP contribution in [0.15, 0.2) is 30.6 Å². The molecule has 0 spiro atoms. The molecule has 2 rings (SSSR count). The monoisotopic (exact) mass is 259 g/mol. The van der Waals surface area contributed by atoms with Gasteiger partial charge in [0.1, 0.15) is 5.75 Å². The van der Waals surface area contributed by atoms with Gasteiger partial charge in [0, 0.05) is 24.3 Å². The molecule has 0 aliphatic carbocycles. The second-order valence-electron chi connectivity index (χ2n) is 4.76. The zero-order valence-corrected chi connectivity index (χ0v) is 11.8. The van der Waals surface area contributed by atoms with Gasteiger partial charge in [-0.15, -0.1) is 0 Å². The first-order valence-corrected chi connectivity index (χ1v) is 6.55. The Morgan fingerprint density at radius 3 is 2.84 bits per heavy atom. The van der Waals surface area contributed by atoms with Crippen molar-refractivity contribution in [3.8, 4) is 5.75 Å². The van der Waals surface area contributed by atoms with Crippen LogP contribution in [0.5, 0.6) is 5.75 Å². The summed E-state index contributed by atoms with van der Waals surface area (Å²) in [6, 6.07) is 6.05. The predicted molar refractivity (Wildman–Crippen MR) is 76.3 cm³/mol. The van der Waals surface area contributed by atoms with Gasteiger partial charge < -0.3 is 10.5 Å². The van der Waals surface area contributed by atoms with Crippen molar-refractivity contribution in [3.05, 3.63) is 47.3 Å². The maximum atomic E-state index is 6.29. The van der Waals surface area contributed by atoms with Gasteiger partial charge in [-0.3, -0.25) is 4.68 Å². The first kappa shape index (κ1) is 13.6. The molecule has 0 saturated heterocycles. The fourth-order valence-corrected chi connectivity index (χ4v) is 2.17. The van der Waals surface area contributed by atoms with Crippen molar-refractivity contribution < 1.29 is 4.74 Å². The molecule has 0 fully saturated rings. The highest BCUT2D eigenvalue weighted by Crippen LogP contribution is 2.27. The average molecular weight is 259 g/mol. The highest BCUT2D eigenvalue weighted by molar-refractivity contribution is 5.39. The maximum absolute atomic E-state index is 6.29. The predicted octanol–water partition coefficient (Wildman–Crippen LogP) is 2.46. The van der Waals surface area contributed by atoms with Crippen molar-refractivity contribution in [1.82, 2.24) is 9.78 Å². The van der Waals surface area contributed by atoms with Crippen LogP contribution in [-0.2, 0) is 13.0 Å². The molecule has 1 unspecified atom stereocenters. The summed E-state index contributed by atoms with van der Waals surface area (Å²) in [6.07, 6.45) is 4.68. The fourth-order valence-electron chi connectivity index (χ4n) is 2.17. The molecular formula is C15H21N3O. The van der Waals surface area contributed by atoms with Crippen molar-refractivity contribution in [2.45, 2.75) is 32.9 Å². The largest absolute Gasteiger partial charge is 0.496 e. The number of hydrogen-bond acceptors (Lipinski definition) is 3. The van der Waals surface area contributed by atoms with Gasteiger partial charge in [-0.05, 0) is 37.5 Å². The van der Waals surface area contributed by atoms with Gasteiger partial charge in [-0.25, -0.2) is 0 Å². The third-order valence-corrected chi connectivity index (χ3v) is 3.25. The molecule has 4 heteroatoms. The van der Waals surface area contributed by atoms with Crippen LogP contribution >= 0.6 is 0 Å². The molecule has 0 bridgehead atoms. The number of methoxy groups -OCH3 is 1. The number of hydrogen-bond donors (Lipinski definition) is 1. The fraction of sp³-hybridized carbons (Fsp3) is 0.400. The van der Waals surface area contributed by atoms with Crippen LogP contribution in [0.3, 0.4) is 0 Å². The normalized spacial score (nSPS) is 12.4. The number of benzene rings is 1. The molecule has 1 atom stereocenters. The van der Waals surface area contributed by atoms with E-state index in [1.54, 1.807) is 7.11 Å². The van der Waals surface area contributed by atoms with Crippen molar-refractivity contribution in [2.24, 2.45) is 5.73 Å². The van der Waals surface area contributed by atoms with Crippen molar-refractivity contribution in [2.75, 3.05) is 7.11 Å². The Kier molecular flexibility index (Phi) is 4.22. The second kappa shape index (κ2) is 5.89. The lowest BCUT2D eigenvalue weighted by Crippen LogP contribution is -2.14. The minimum atomic E-state index is -0.0787. The molecule has 0 aliphatic rings. The van der Waals surface area contributed by atoms with E-state index in [4.69, 9.17) is 10.5 Å². The summed E-state index contributed by atoms with van der Waals surface area (Å²) in [5, 5.41) is 4.27. The number of ether oxygens (including phenoxy) is 1. The molecule has 4 nitrogen and oxygen atoms in total. The van der Waals surface area contributed by atoms with Gasteiger partial charge in [0.2, 0.25) is 0 Å². The van der Waals surface area contributed by atoms with E-state index in [9.17, 15) is 0 Å². The summed E-state index contributed by atoms with van der Waals surface area (Å²) in [4.78, 5) is 0. The zero-order chi connectivity index (χ0) is 13.8. The molecule has 0 radical (unpaired) electrons. The minimum absolute atomic E-state index is 0.0787. The summed E-state index contributed by atoms with van der Waals surface area (Å²) in [5.41, 5.74) is 9.65. The molecule has 1 aromatic heterocycles. The van der Waals surface area contributed by atoms with Crippen molar-refractivity contribution in [3.63, 3.8) is 0 Å². The Hall–Kier alpha value is -1.81. The van der Waals surface area contributed by atoms with E-state index < -0.39 is 0 Å². The average Bonchev–Trinajstić information content (AvgIpc) is 2.86.